The Morgan fingerprint density at radius 1 is 1.35 bits per heavy atom. The number of piperidine rings is 1. The molecule has 2 N–H and O–H groups in total. The molecule has 1 heterocycles. The number of likely N-dealkylation sites (tertiary alicyclic amines) is 1. The molecule has 0 bridgehead atoms. The third kappa shape index (κ3) is 2.70. The first-order valence-corrected chi connectivity index (χ1v) is 7.05. The molecule has 0 saturated carbocycles. The number of carbonyl (C=O) groups is 1. The zero-order chi connectivity index (χ0) is 15.1. The summed E-state index contributed by atoms with van der Waals surface area (Å²) in [7, 11) is 0. The van der Waals surface area contributed by atoms with Gasteiger partial charge in [0.05, 0.1) is 6.04 Å². The van der Waals surface area contributed by atoms with Gasteiger partial charge < -0.3 is 10.6 Å². The van der Waals surface area contributed by atoms with E-state index in [4.69, 9.17) is 5.73 Å². The monoisotopic (exact) mass is 278 g/mol. The molecule has 0 aromatic heterocycles. The van der Waals surface area contributed by atoms with Gasteiger partial charge in [0.1, 0.15) is 5.82 Å². The lowest BCUT2D eigenvalue weighted by atomic mass is 9.86. The predicted molar refractivity (Wildman–Crippen MR) is 77.7 cm³/mol. The normalized spacial score (nSPS) is 24.1. The fraction of sp³-hybridized carbons (Fsp3) is 0.562. The first kappa shape index (κ1) is 15.0. The van der Waals surface area contributed by atoms with Crippen LogP contribution in [0.25, 0.3) is 0 Å². The molecule has 1 aromatic carbocycles. The molecule has 1 saturated heterocycles. The van der Waals surface area contributed by atoms with Crippen molar-refractivity contribution in [3.05, 3.63) is 35.1 Å². The summed E-state index contributed by atoms with van der Waals surface area (Å²) >= 11 is 0. The Hall–Kier alpha value is -1.42. The molecule has 1 aliphatic heterocycles. The van der Waals surface area contributed by atoms with Gasteiger partial charge in [-0.25, -0.2) is 4.39 Å². The van der Waals surface area contributed by atoms with Crippen molar-refractivity contribution in [1.82, 2.24) is 4.90 Å². The molecule has 110 valence electrons. The molecule has 20 heavy (non-hydrogen) atoms. The standard InChI is InChI=1S/C16H23FN2O/c1-10-5-6-11(9-12(10)17)15-13(18)7-8-14(20)19(15)16(2,3)4/h5-6,9,13,15H,7-8,18H2,1-4H3. The van der Waals surface area contributed by atoms with Crippen LogP contribution >= 0.6 is 0 Å². The van der Waals surface area contributed by atoms with Gasteiger partial charge in [0.2, 0.25) is 5.91 Å². The lowest BCUT2D eigenvalue weighted by Gasteiger charge is -2.47. The van der Waals surface area contributed by atoms with Crippen LogP contribution in [0.15, 0.2) is 18.2 Å². The SMILES string of the molecule is Cc1ccc(C2C(N)CCC(=O)N2C(C)(C)C)cc1F. The second-order valence-corrected chi connectivity index (χ2v) is 6.59. The van der Waals surface area contributed by atoms with E-state index in [0.29, 0.717) is 18.4 Å². The van der Waals surface area contributed by atoms with Crippen LogP contribution in [0.2, 0.25) is 0 Å². The molecular formula is C16H23FN2O. The molecular weight excluding hydrogens is 255 g/mol. The Bertz CT molecular complexity index is 522. The molecule has 3 nitrogen and oxygen atoms in total. The highest BCUT2D eigenvalue weighted by Gasteiger charge is 2.40. The Labute approximate surface area is 120 Å². The predicted octanol–water partition coefficient (Wildman–Crippen LogP) is 2.92. The lowest BCUT2D eigenvalue weighted by Crippen LogP contribution is -2.56. The summed E-state index contributed by atoms with van der Waals surface area (Å²) < 4.78 is 13.8. The highest BCUT2D eigenvalue weighted by Crippen LogP contribution is 2.36. The minimum atomic E-state index is -0.332. The number of nitrogens with two attached hydrogens (primary N) is 1. The highest BCUT2D eigenvalue weighted by molar-refractivity contribution is 5.78. The molecule has 1 amide bonds. The highest BCUT2D eigenvalue weighted by atomic mass is 19.1. The van der Waals surface area contributed by atoms with Crippen LogP contribution in [0.5, 0.6) is 0 Å². The van der Waals surface area contributed by atoms with E-state index in [1.54, 1.807) is 13.0 Å². The summed E-state index contributed by atoms with van der Waals surface area (Å²) in [5, 5.41) is 0. The van der Waals surface area contributed by atoms with Gasteiger partial charge in [0.25, 0.3) is 0 Å². The minimum absolute atomic E-state index is 0.0881. The summed E-state index contributed by atoms with van der Waals surface area (Å²) in [5.41, 5.74) is 7.28. The van der Waals surface area contributed by atoms with Crippen LogP contribution in [-0.4, -0.2) is 22.4 Å². The number of amides is 1. The van der Waals surface area contributed by atoms with E-state index in [1.165, 1.54) is 6.07 Å². The third-order valence-corrected chi connectivity index (χ3v) is 3.90. The second-order valence-electron chi connectivity index (χ2n) is 6.59. The van der Waals surface area contributed by atoms with Crippen LogP contribution in [-0.2, 0) is 4.79 Å². The van der Waals surface area contributed by atoms with Gasteiger partial charge in [-0.3, -0.25) is 4.79 Å². The maximum absolute atomic E-state index is 13.8. The van der Waals surface area contributed by atoms with Crippen molar-refractivity contribution in [2.24, 2.45) is 5.73 Å². The van der Waals surface area contributed by atoms with Crippen LogP contribution in [0, 0.1) is 12.7 Å². The van der Waals surface area contributed by atoms with Crippen LogP contribution in [0.3, 0.4) is 0 Å². The molecule has 2 atom stereocenters. The van der Waals surface area contributed by atoms with Gasteiger partial charge in [-0.05, 0) is 51.3 Å². The molecule has 2 unspecified atom stereocenters. The fourth-order valence-corrected chi connectivity index (χ4v) is 2.90. The van der Waals surface area contributed by atoms with Gasteiger partial charge >= 0.3 is 0 Å². The number of hydrogen-bond donors (Lipinski definition) is 1. The van der Waals surface area contributed by atoms with Crippen molar-refractivity contribution in [2.75, 3.05) is 0 Å². The van der Waals surface area contributed by atoms with Crippen molar-refractivity contribution in [3.8, 4) is 0 Å². The maximum Gasteiger partial charge on any atom is 0.223 e. The Morgan fingerprint density at radius 2 is 2.00 bits per heavy atom. The Balaban J connectivity index is 2.47. The summed E-state index contributed by atoms with van der Waals surface area (Å²) in [4.78, 5) is 14.1. The van der Waals surface area contributed by atoms with Crippen LogP contribution < -0.4 is 5.73 Å². The minimum Gasteiger partial charge on any atom is -0.329 e. The van der Waals surface area contributed by atoms with Crippen molar-refractivity contribution in [2.45, 2.75) is 58.2 Å². The Kier molecular flexibility index (Phi) is 3.87. The molecule has 0 radical (unpaired) electrons. The van der Waals surface area contributed by atoms with E-state index in [1.807, 2.05) is 31.7 Å². The number of hydrogen-bond acceptors (Lipinski definition) is 2. The van der Waals surface area contributed by atoms with Crippen LogP contribution in [0.1, 0.15) is 50.8 Å². The van der Waals surface area contributed by atoms with E-state index in [0.717, 1.165) is 5.56 Å². The van der Waals surface area contributed by atoms with E-state index in [2.05, 4.69) is 0 Å². The van der Waals surface area contributed by atoms with Crippen molar-refractivity contribution in [1.29, 1.82) is 0 Å². The van der Waals surface area contributed by atoms with Gasteiger partial charge in [0.15, 0.2) is 0 Å². The number of nitrogens with zero attached hydrogens (tertiary/aromatic N) is 1. The lowest BCUT2D eigenvalue weighted by molar-refractivity contribution is -0.144. The molecule has 1 aliphatic rings. The topological polar surface area (TPSA) is 46.3 Å². The number of aryl methyl sites for hydroxylation is 1. The number of carbonyl (C=O) groups excluding carboxylic acids is 1. The number of halogens is 1. The summed E-state index contributed by atoms with van der Waals surface area (Å²) in [6.45, 7) is 7.69. The van der Waals surface area contributed by atoms with Crippen LogP contribution in [0.4, 0.5) is 4.39 Å². The maximum atomic E-state index is 13.8. The zero-order valence-electron chi connectivity index (χ0n) is 12.6. The summed E-state index contributed by atoms with van der Waals surface area (Å²) in [5.74, 6) is -0.160. The van der Waals surface area contributed by atoms with Crippen molar-refractivity contribution < 1.29 is 9.18 Å². The quantitative estimate of drug-likeness (QED) is 0.858. The largest absolute Gasteiger partial charge is 0.329 e. The first-order chi connectivity index (χ1) is 9.21. The first-order valence-electron chi connectivity index (χ1n) is 7.05. The fourth-order valence-electron chi connectivity index (χ4n) is 2.90. The zero-order valence-corrected chi connectivity index (χ0v) is 12.6. The van der Waals surface area contributed by atoms with Gasteiger partial charge in [0, 0.05) is 18.0 Å². The average molecular weight is 278 g/mol. The molecule has 1 aromatic rings. The Morgan fingerprint density at radius 3 is 2.55 bits per heavy atom. The van der Waals surface area contributed by atoms with E-state index in [9.17, 15) is 9.18 Å². The van der Waals surface area contributed by atoms with E-state index in [-0.39, 0.29) is 29.3 Å². The van der Waals surface area contributed by atoms with Crippen molar-refractivity contribution in [3.63, 3.8) is 0 Å². The summed E-state index contributed by atoms with van der Waals surface area (Å²) in [6, 6.07) is 4.72. The molecule has 0 aliphatic carbocycles. The molecule has 4 heteroatoms. The summed E-state index contributed by atoms with van der Waals surface area (Å²) in [6.07, 6.45) is 1.11. The second kappa shape index (κ2) is 5.17. The number of rotatable bonds is 1. The molecule has 0 spiro atoms. The molecule has 1 fully saturated rings. The van der Waals surface area contributed by atoms with Gasteiger partial charge in [-0.15, -0.1) is 0 Å². The number of benzene rings is 1. The van der Waals surface area contributed by atoms with Gasteiger partial charge in [-0.2, -0.15) is 0 Å². The van der Waals surface area contributed by atoms with E-state index < -0.39 is 0 Å². The van der Waals surface area contributed by atoms with E-state index >= 15 is 0 Å². The van der Waals surface area contributed by atoms with Crippen molar-refractivity contribution >= 4 is 5.91 Å². The van der Waals surface area contributed by atoms with Gasteiger partial charge in [-0.1, -0.05) is 12.1 Å². The average Bonchev–Trinajstić information content (AvgIpc) is 2.34. The molecule has 2 rings (SSSR count). The third-order valence-electron chi connectivity index (χ3n) is 3.90. The smallest absolute Gasteiger partial charge is 0.223 e.